The van der Waals surface area contributed by atoms with Crippen LogP contribution >= 0.6 is 11.6 Å². The second-order valence-corrected chi connectivity index (χ2v) is 10.4. The summed E-state index contributed by atoms with van der Waals surface area (Å²) in [5.74, 6) is -1.23. The first-order valence-corrected chi connectivity index (χ1v) is 10.5. The molecule has 0 aromatic heterocycles. The van der Waals surface area contributed by atoms with Crippen molar-refractivity contribution in [2.24, 2.45) is 28.6 Å². The lowest BCUT2D eigenvalue weighted by atomic mass is 9.46. The highest BCUT2D eigenvalue weighted by molar-refractivity contribution is 6.26. The van der Waals surface area contributed by atoms with Crippen molar-refractivity contribution in [3.05, 3.63) is 23.8 Å². The van der Waals surface area contributed by atoms with Crippen molar-refractivity contribution < 1.29 is 24.9 Å². The number of aliphatic hydroxyl groups excluding tert-OH is 2. The van der Waals surface area contributed by atoms with E-state index in [-0.39, 0.29) is 30.0 Å². The van der Waals surface area contributed by atoms with Crippen LogP contribution in [0.5, 0.6) is 0 Å². The van der Waals surface area contributed by atoms with E-state index in [1.807, 2.05) is 32.9 Å². The van der Waals surface area contributed by atoms with Gasteiger partial charge in [-0.15, -0.1) is 11.6 Å². The molecule has 0 spiro atoms. The SMILES string of the molecule is C[C@@H]1C[C@H]2[C@@H]3C=CC4=CC(=O)CC[C@]4(C)[C@@]3(Cl)[C@@H](O)C[C@]2(C)[C@@]1(O)C(=O)CO. The number of carbonyl (C=O) groups is 2. The number of Topliss-reactive ketones (excluding diaryl/α,β-unsaturated/α-hetero) is 1. The van der Waals surface area contributed by atoms with Gasteiger partial charge >= 0.3 is 0 Å². The molecule has 0 saturated heterocycles. The lowest BCUT2D eigenvalue weighted by Gasteiger charge is -2.63. The molecule has 4 rings (SSSR count). The standard InChI is InChI=1S/C22H29ClO5/c1-12-8-16-15-5-4-13-9-14(25)6-7-19(13,2)21(15,23)17(26)10-20(16,3)22(12,28)18(27)11-24/h4-5,9,12,15-17,24,26,28H,6-8,10-11H2,1-3H3/t12-,15+,16+,17+,19+,20+,21+,22+/m1/s1. The summed E-state index contributed by atoms with van der Waals surface area (Å²) in [4.78, 5) is 23.6. The van der Waals surface area contributed by atoms with Crippen molar-refractivity contribution >= 4 is 23.2 Å². The van der Waals surface area contributed by atoms with Crippen LogP contribution in [-0.4, -0.2) is 50.1 Å². The van der Waals surface area contributed by atoms with Gasteiger partial charge in [0.15, 0.2) is 11.6 Å². The summed E-state index contributed by atoms with van der Waals surface area (Å²) in [5.41, 5.74) is -2.29. The molecule has 0 bridgehead atoms. The number of allylic oxidation sites excluding steroid dienone is 4. The number of fused-ring (bicyclic) bond motifs is 5. The predicted octanol–water partition coefficient (Wildman–Crippen LogP) is 2.17. The molecule has 5 nitrogen and oxygen atoms in total. The molecular formula is C22H29ClO5. The zero-order valence-electron chi connectivity index (χ0n) is 16.6. The molecule has 0 aromatic rings. The number of rotatable bonds is 2. The summed E-state index contributed by atoms with van der Waals surface area (Å²) in [6.07, 6.45) is 6.31. The van der Waals surface area contributed by atoms with Gasteiger partial charge < -0.3 is 15.3 Å². The van der Waals surface area contributed by atoms with Crippen molar-refractivity contribution in [1.82, 2.24) is 0 Å². The highest BCUT2D eigenvalue weighted by Crippen LogP contribution is 2.70. The lowest BCUT2D eigenvalue weighted by molar-refractivity contribution is -0.176. The third kappa shape index (κ3) is 2.09. The maximum Gasteiger partial charge on any atom is 0.190 e. The average Bonchev–Trinajstić information content (AvgIpc) is 2.84. The Morgan fingerprint density at radius 1 is 1.36 bits per heavy atom. The molecule has 4 aliphatic rings. The zero-order chi connectivity index (χ0) is 20.7. The number of alkyl halides is 1. The molecule has 2 fully saturated rings. The quantitative estimate of drug-likeness (QED) is 0.608. The normalized spacial score (nSPS) is 52.5. The molecule has 6 heteroatoms. The van der Waals surface area contributed by atoms with Crippen LogP contribution in [-0.2, 0) is 9.59 Å². The predicted molar refractivity (Wildman–Crippen MR) is 105 cm³/mol. The summed E-state index contributed by atoms with van der Waals surface area (Å²) in [7, 11) is 0. The van der Waals surface area contributed by atoms with Crippen molar-refractivity contribution in [1.29, 1.82) is 0 Å². The van der Waals surface area contributed by atoms with E-state index in [1.165, 1.54) is 0 Å². The second-order valence-electron chi connectivity index (χ2n) is 9.78. The molecule has 3 N–H and O–H groups in total. The molecule has 0 aromatic carbocycles. The number of hydrogen-bond donors (Lipinski definition) is 3. The molecule has 8 atom stereocenters. The molecule has 0 heterocycles. The van der Waals surface area contributed by atoms with Crippen LogP contribution in [0, 0.1) is 28.6 Å². The fourth-order valence-electron chi connectivity index (χ4n) is 7.07. The monoisotopic (exact) mass is 408 g/mol. The number of aliphatic hydroxyl groups is 3. The maximum absolute atomic E-state index is 12.6. The van der Waals surface area contributed by atoms with Crippen LogP contribution in [0.3, 0.4) is 0 Å². The number of carbonyl (C=O) groups excluding carboxylic acids is 2. The number of halogens is 1. The second kappa shape index (κ2) is 6.00. The van der Waals surface area contributed by atoms with Gasteiger partial charge in [-0.1, -0.05) is 32.9 Å². The zero-order valence-corrected chi connectivity index (χ0v) is 17.4. The lowest BCUT2D eigenvalue weighted by Crippen LogP contribution is -2.68. The largest absolute Gasteiger partial charge is 0.391 e. The minimum atomic E-state index is -1.70. The Morgan fingerprint density at radius 3 is 2.68 bits per heavy atom. The van der Waals surface area contributed by atoms with E-state index in [2.05, 4.69) is 0 Å². The smallest absolute Gasteiger partial charge is 0.190 e. The van der Waals surface area contributed by atoms with Gasteiger partial charge in [0.25, 0.3) is 0 Å². The first kappa shape index (κ1) is 20.3. The van der Waals surface area contributed by atoms with Crippen LogP contribution in [0.15, 0.2) is 23.8 Å². The van der Waals surface area contributed by atoms with Gasteiger partial charge in [-0.05, 0) is 42.7 Å². The fourth-order valence-corrected chi connectivity index (χ4v) is 7.58. The van der Waals surface area contributed by atoms with Gasteiger partial charge in [0.1, 0.15) is 12.2 Å². The van der Waals surface area contributed by atoms with Gasteiger partial charge in [-0.2, -0.15) is 0 Å². The average molecular weight is 409 g/mol. The minimum absolute atomic E-state index is 0.0726. The minimum Gasteiger partial charge on any atom is -0.391 e. The van der Waals surface area contributed by atoms with E-state index in [9.17, 15) is 24.9 Å². The Bertz CT molecular complexity index is 805. The van der Waals surface area contributed by atoms with Crippen LogP contribution in [0.2, 0.25) is 0 Å². The van der Waals surface area contributed by atoms with E-state index in [0.29, 0.717) is 19.3 Å². The molecule has 4 aliphatic carbocycles. The molecule has 2 saturated carbocycles. The molecule has 0 amide bonds. The summed E-state index contributed by atoms with van der Waals surface area (Å²) in [6, 6.07) is 0. The van der Waals surface area contributed by atoms with Gasteiger partial charge in [0, 0.05) is 23.2 Å². The van der Waals surface area contributed by atoms with E-state index in [0.717, 1.165) is 5.57 Å². The topological polar surface area (TPSA) is 94.8 Å². The van der Waals surface area contributed by atoms with Gasteiger partial charge in [-0.25, -0.2) is 0 Å². The Labute approximate surface area is 170 Å². The number of hydrogen-bond acceptors (Lipinski definition) is 5. The Morgan fingerprint density at radius 2 is 2.04 bits per heavy atom. The molecule has 0 aliphatic heterocycles. The Kier molecular flexibility index (Phi) is 4.35. The van der Waals surface area contributed by atoms with E-state index >= 15 is 0 Å². The summed E-state index contributed by atoms with van der Waals surface area (Å²) >= 11 is 7.30. The summed E-state index contributed by atoms with van der Waals surface area (Å²) in [6.45, 7) is 4.97. The van der Waals surface area contributed by atoms with E-state index < -0.39 is 39.8 Å². The van der Waals surface area contributed by atoms with E-state index in [4.69, 9.17) is 11.6 Å². The van der Waals surface area contributed by atoms with Crippen molar-refractivity contribution in [3.8, 4) is 0 Å². The highest BCUT2D eigenvalue weighted by atomic mass is 35.5. The van der Waals surface area contributed by atoms with E-state index in [1.54, 1.807) is 6.08 Å². The first-order chi connectivity index (χ1) is 13.0. The third-order valence-electron chi connectivity index (χ3n) is 8.75. The fraction of sp³-hybridized carbons (Fsp3) is 0.727. The Hall–Kier alpha value is -1.01. The summed E-state index contributed by atoms with van der Waals surface area (Å²) in [5, 5.41) is 32.3. The van der Waals surface area contributed by atoms with Crippen molar-refractivity contribution in [2.45, 2.75) is 63.0 Å². The van der Waals surface area contributed by atoms with Crippen LogP contribution < -0.4 is 0 Å². The Balaban J connectivity index is 1.87. The number of ketones is 2. The van der Waals surface area contributed by atoms with Crippen LogP contribution in [0.1, 0.15) is 46.5 Å². The molecular weight excluding hydrogens is 380 g/mol. The highest BCUT2D eigenvalue weighted by Gasteiger charge is 2.74. The molecule has 154 valence electrons. The first-order valence-electron chi connectivity index (χ1n) is 10.1. The maximum atomic E-state index is 12.6. The van der Waals surface area contributed by atoms with Crippen LogP contribution in [0.25, 0.3) is 0 Å². The van der Waals surface area contributed by atoms with Gasteiger partial charge in [-0.3, -0.25) is 9.59 Å². The molecule has 0 radical (unpaired) electrons. The van der Waals surface area contributed by atoms with Gasteiger partial charge in [0.05, 0.1) is 11.0 Å². The molecule has 0 unspecified atom stereocenters. The van der Waals surface area contributed by atoms with Crippen molar-refractivity contribution in [3.63, 3.8) is 0 Å². The van der Waals surface area contributed by atoms with Crippen molar-refractivity contribution in [2.75, 3.05) is 6.61 Å². The third-order valence-corrected chi connectivity index (χ3v) is 9.67. The van der Waals surface area contributed by atoms with Crippen LogP contribution in [0.4, 0.5) is 0 Å². The summed E-state index contributed by atoms with van der Waals surface area (Å²) < 4.78 is 0. The molecule has 28 heavy (non-hydrogen) atoms. The van der Waals surface area contributed by atoms with Gasteiger partial charge in [0.2, 0.25) is 0 Å².